The van der Waals surface area contributed by atoms with Crippen molar-refractivity contribution in [3.05, 3.63) is 29.3 Å². The molecule has 18 heavy (non-hydrogen) atoms. The first-order chi connectivity index (χ1) is 8.58. The predicted octanol–water partition coefficient (Wildman–Crippen LogP) is 2.86. The molecule has 0 aliphatic carbocycles. The molecule has 2 N–H and O–H groups in total. The lowest BCUT2D eigenvalue weighted by Crippen LogP contribution is -2.30. The summed E-state index contributed by atoms with van der Waals surface area (Å²) in [5, 5.41) is 0. The maximum atomic E-state index is 5.83. The van der Waals surface area contributed by atoms with Gasteiger partial charge in [0.25, 0.3) is 0 Å². The highest BCUT2D eigenvalue weighted by molar-refractivity contribution is 5.37. The summed E-state index contributed by atoms with van der Waals surface area (Å²) >= 11 is 0. The lowest BCUT2D eigenvalue weighted by Gasteiger charge is -2.18. The molecule has 1 rings (SSSR count). The summed E-state index contributed by atoms with van der Waals surface area (Å²) in [6.45, 7) is 10.0. The lowest BCUT2D eigenvalue weighted by molar-refractivity contribution is 0.0335. The molecule has 1 aromatic carbocycles. The zero-order valence-corrected chi connectivity index (χ0v) is 11.9. The molecule has 102 valence electrons. The standard InChI is InChI=1S/C15H25NO2/c1-5-17-14(9-16)10-18-15-8-13(11(2)3)7-6-12(15)4/h6-8,11,14H,5,9-10,16H2,1-4H3. The Labute approximate surface area is 110 Å². The zero-order valence-electron chi connectivity index (χ0n) is 11.9. The van der Waals surface area contributed by atoms with Gasteiger partial charge in [0.15, 0.2) is 0 Å². The number of benzene rings is 1. The normalized spacial score (nSPS) is 12.8. The van der Waals surface area contributed by atoms with Crippen LogP contribution < -0.4 is 10.5 Å². The molecule has 0 saturated carbocycles. The number of hydrogen-bond acceptors (Lipinski definition) is 3. The molecule has 0 aliphatic heterocycles. The van der Waals surface area contributed by atoms with Gasteiger partial charge in [-0.05, 0) is 37.0 Å². The van der Waals surface area contributed by atoms with Crippen LogP contribution in [0.4, 0.5) is 0 Å². The molecule has 3 nitrogen and oxygen atoms in total. The first kappa shape index (κ1) is 15.0. The molecule has 0 saturated heterocycles. The van der Waals surface area contributed by atoms with Crippen molar-refractivity contribution >= 4 is 0 Å². The van der Waals surface area contributed by atoms with Crippen LogP contribution in [0.5, 0.6) is 5.75 Å². The van der Waals surface area contributed by atoms with Crippen molar-refractivity contribution in [3.8, 4) is 5.75 Å². The Kier molecular flexibility index (Phi) is 6.16. The minimum atomic E-state index is -0.0305. The first-order valence-corrected chi connectivity index (χ1v) is 6.63. The van der Waals surface area contributed by atoms with Crippen molar-refractivity contribution < 1.29 is 9.47 Å². The van der Waals surface area contributed by atoms with E-state index in [9.17, 15) is 0 Å². The topological polar surface area (TPSA) is 44.5 Å². The quantitative estimate of drug-likeness (QED) is 0.810. The summed E-state index contributed by atoms with van der Waals surface area (Å²) in [6, 6.07) is 6.36. The first-order valence-electron chi connectivity index (χ1n) is 6.63. The smallest absolute Gasteiger partial charge is 0.122 e. The highest BCUT2D eigenvalue weighted by Gasteiger charge is 2.09. The summed E-state index contributed by atoms with van der Waals surface area (Å²) in [6.07, 6.45) is -0.0305. The molecular weight excluding hydrogens is 226 g/mol. The zero-order chi connectivity index (χ0) is 13.5. The van der Waals surface area contributed by atoms with Crippen molar-refractivity contribution in [2.45, 2.75) is 39.7 Å². The monoisotopic (exact) mass is 251 g/mol. The summed E-state index contributed by atoms with van der Waals surface area (Å²) < 4.78 is 11.3. The maximum absolute atomic E-state index is 5.83. The van der Waals surface area contributed by atoms with Crippen LogP contribution in [0, 0.1) is 6.92 Å². The molecule has 0 fully saturated rings. The fourth-order valence-electron chi connectivity index (χ4n) is 1.73. The summed E-state index contributed by atoms with van der Waals surface area (Å²) in [5.41, 5.74) is 8.07. The molecule has 0 radical (unpaired) electrons. The molecule has 0 bridgehead atoms. The van der Waals surface area contributed by atoms with Crippen LogP contribution in [-0.2, 0) is 4.74 Å². The summed E-state index contributed by atoms with van der Waals surface area (Å²) in [4.78, 5) is 0. The van der Waals surface area contributed by atoms with Gasteiger partial charge in [-0.15, -0.1) is 0 Å². The Morgan fingerprint density at radius 1 is 1.28 bits per heavy atom. The number of ether oxygens (including phenoxy) is 2. The van der Waals surface area contributed by atoms with Gasteiger partial charge in [0.1, 0.15) is 18.5 Å². The van der Waals surface area contributed by atoms with E-state index in [0.29, 0.717) is 25.7 Å². The van der Waals surface area contributed by atoms with Crippen molar-refractivity contribution in [2.75, 3.05) is 19.8 Å². The van der Waals surface area contributed by atoms with E-state index in [-0.39, 0.29) is 6.10 Å². The third-order valence-corrected chi connectivity index (χ3v) is 2.97. The summed E-state index contributed by atoms with van der Waals surface area (Å²) in [5.74, 6) is 1.43. The molecule has 0 amide bonds. The second kappa shape index (κ2) is 7.39. The Balaban J connectivity index is 2.68. The second-order valence-electron chi connectivity index (χ2n) is 4.80. The van der Waals surface area contributed by atoms with E-state index in [1.807, 2.05) is 6.92 Å². The van der Waals surface area contributed by atoms with Crippen LogP contribution in [0.15, 0.2) is 18.2 Å². The van der Waals surface area contributed by atoms with E-state index >= 15 is 0 Å². The fourth-order valence-corrected chi connectivity index (χ4v) is 1.73. The second-order valence-corrected chi connectivity index (χ2v) is 4.80. The van der Waals surface area contributed by atoms with Gasteiger partial charge in [0.05, 0.1) is 0 Å². The highest BCUT2D eigenvalue weighted by Crippen LogP contribution is 2.24. The van der Waals surface area contributed by atoms with E-state index in [0.717, 1.165) is 11.3 Å². The van der Waals surface area contributed by atoms with Crippen LogP contribution in [0.1, 0.15) is 37.8 Å². The van der Waals surface area contributed by atoms with E-state index in [2.05, 4.69) is 39.0 Å². The van der Waals surface area contributed by atoms with Gasteiger partial charge in [-0.3, -0.25) is 0 Å². The molecule has 0 aliphatic rings. The Hall–Kier alpha value is -1.06. The van der Waals surface area contributed by atoms with Gasteiger partial charge in [-0.2, -0.15) is 0 Å². The Morgan fingerprint density at radius 2 is 2.00 bits per heavy atom. The minimum absolute atomic E-state index is 0.0305. The van der Waals surface area contributed by atoms with Gasteiger partial charge in [0.2, 0.25) is 0 Å². The highest BCUT2D eigenvalue weighted by atomic mass is 16.5. The SMILES string of the molecule is CCOC(CN)COc1cc(C(C)C)ccc1C. The molecule has 1 aromatic rings. The molecule has 3 heteroatoms. The molecular formula is C15H25NO2. The lowest BCUT2D eigenvalue weighted by atomic mass is 10.0. The number of rotatable bonds is 7. The molecule has 1 atom stereocenters. The van der Waals surface area contributed by atoms with Crippen LogP contribution in [0.2, 0.25) is 0 Å². The van der Waals surface area contributed by atoms with Crippen LogP contribution >= 0.6 is 0 Å². The average Bonchev–Trinajstić information content (AvgIpc) is 2.35. The Morgan fingerprint density at radius 3 is 2.56 bits per heavy atom. The Bertz CT molecular complexity index is 364. The van der Waals surface area contributed by atoms with Crippen LogP contribution in [0.25, 0.3) is 0 Å². The number of hydrogen-bond donors (Lipinski definition) is 1. The van der Waals surface area contributed by atoms with Gasteiger partial charge in [0, 0.05) is 13.2 Å². The van der Waals surface area contributed by atoms with Crippen LogP contribution in [0.3, 0.4) is 0 Å². The average molecular weight is 251 g/mol. The third-order valence-electron chi connectivity index (χ3n) is 2.97. The van der Waals surface area contributed by atoms with Gasteiger partial charge >= 0.3 is 0 Å². The van der Waals surface area contributed by atoms with E-state index in [1.165, 1.54) is 5.56 Å². The van der Waals surface area contributed by atoms with Crippen molar-refractivity contribution in [1.82, 2.24) is 0 Å². The molecule has 1 unspecified atom stereocenters. The maximum Gasteiger partial charge on any atom is 0.122 e. The molecule has 0 aromatic heterocycles. The van der Waals surface area contributed by atoms with Crippen molar-refractivity contribution in [2.24, 2.45) is 5.73 Å². The number of aryl methyl sites for hydroxylation is 1. The van der Waals surface area contributed by atoms with E-state index in [1.54, 1.807) is 0 Å². The van der Waals surface area contributed by atoms with Crippen molar-refractivity contribution in [3.63, 3.8) is 0 Å². The predicted molar refractivity (Wildman–Crippen MR) is 75.2 cm³/mol. The van der Waals surface area contributed by atoms with E-state index in [4.69, 9.17) is 15.2 Å². The fraction of sp³-hybridized carbons (Fsp3) is 0.600. The largest absolute Gasteiger partial charge is 0.491 e. The van der Waals surface area contributed by atoms with Gasteiger partial charge < -0.3 is 15.2 Å². The molecule has 0 heterocycles. The van der Waals surface area contributed by atoms with Crippen LogP contribution in [-0.4, -0.2) is 25.9 Å². The minimum Gasteiger partial charge on any atom is -0.491 e. The molecule has 0 spiro atoms. The van der Waals surface area contributed by atoms with Gasteiger partial charge in [-0.25, -0.2) is 0 Å². The summed E-state index contributed by atoms with van der Waals surface area (Å²) in [7, 11) is 0. The van der Waals surface area contributed by atoms with Gasteiger partial charge in [-0.1, -0.05) is 26.0 Å². The number of nitrogens with two attached hydrogens (primary N) is 1. The van der Waals surface area contributed by atoms with Crippen molar-refractivity contribution in [1.29, 1.82) is 0 Å². The van der Waals surface area contributed by atoms with E-state index < -0.39 is 0 Å². The third kappa shape index (κ3) is 4.31.